The van der Waals surface area contributed by atoms with Crippen molar-refractivity contribution in [3.63, 3.8) is 0 Å². The normalized spacial score (nSPS) is 15.0. The Labute approximate surface area is 165 Å². The van der Waals surface area contributed by atoms with Crippen LogP contribution in [0.25, 0.3) is 0 Å². The van der Waals surface area contributed by atoms with Crippen molar-refractivity contribution in [2.45, 2.75) is 51.3 Å². The quantitative estimate of drug-likeness (QED) is 0.625. The molecule has 0 amide bonds. The third kappa shape index (κ3) is 5.29. The van der Waals surface area contributed by atoms with E-state index in [1.54, 1.807) is 7.11 Å². The minimum absolute atomic E-state index is 0.410. The van der Waals surface area contributed by atoms with Crippen molar-refractivity contribution in [1.29, 1.82) is 0 Å². The predicted molar refractivity (Wildman–Crippen MR) is 108 cm³/mol. The summed E-state index contributed by atoms with van der Waals surface area (Å²) in [5, 5.41) is 5.00. The number of ether oxygens (including phenoxy) is 2. The summed E-state index contributed by atoms with van der Waals surface area (Å²) in [6.45, 7) is 1.15. The second kappa shape index (κ2) is 9.50. The van der Waals surface area contributed by atoms with Gasteiger partial charge in [0.25, 0.3) is 0 Å². The van der Waals surface area contributed by atoms with Crippen LogP contribution in [0.3, 0.4) is 0 Å². The van der Waals surface area contributed by atoms with E-state index in [1.165, 1.54) is 32.1 Å². The Bertz CT molecular complexity index is 730. The van der Waals surface area contributed by atoms with E-state index in [0.717, 1.165) is 17.7 Å². The molecular weight excluding hydrogens is 369 g/mol. The second-order valence-electron chi connectivity index (χ2n) is 6.73. The number of halogens is 2. The monoisotopic (exact) mass is 393 g/mol. The molecule has 1 aliphatic rings. The van der Waals surface area contributed by atoms with Gasteiger partial charge in [-0.05, 0) is 42.2 Å². The molecule has 0 bridgehead atoms. The summed E-state index contributed by atoms with van der Waals surface area (Å²) >= 11 is 12.5. The lowest BCUT2D eigenvalue weighted by Crippen LogP contribution is -2.30. The molecule has 26 heavy (non-hydrogen) atoms. The van der Waals surface area contributed by atoms with Gasteiger partial charge in [-0.15, -0.1) is 0 Å². The summed E-state index contributed by atoms with van der Waals surface area (Å²) in [5.74, 6) is 1.33. The number of benzene rings is 2. The Morgan fingerprint density at radius 3 is 2.58 bits per heavy atom. The molecule has 0 aliphatic heterocycles. The fraction of sp³-hybridized carbons (Fsp3) is 0.429. The average Bonchev–Trinajstić information content (AvgIpc) is 2.66. The van der Waals surface area contributed by atoms with E-state index in [2.05, 4.69) is 5.32 Å². The Balaban J connectivity index is 1.65. The van der Waals surface area contributed by atoms with E-state index in [1.807, 2.05) is 36.4 Å². The van der Waals surface area contributed by atoms with Crippen molar-refractivity contribution in [2.24, 2.45) is 0 Å². The van der Waals surface area contributed by atoms with Crippen LogP contribution in [0.15, 0.2) is 36.4 Å². The minimum Gasteiger partial charge on any atom is -0.493 e. The maximum Gasteiger partial charge on any atom is 0.163 e. The molecule has 2 aromatic carbocycles. The smallest absolute Gasteiger partial charge is 0.163 e. The maximum atomic E-state index is 6.49. The lowest BCUT2D eigenvalue weighted by Gasteiger charge is -2.23. The first-order chi connectivity index (χ1) is 12.7. The molecule has 0 unspecified atom stereocenters. The van der Waals surface area contributed by atoms with E-state index in [0.29, 0.717) is 34.2 Å². The maximum absolute atomic E-state index is 6.49. The largest absolute Gasteiger partial charge is 0.493 e. The summed E-state index contributed by atoms with van der Waals surface area (Å²) in [7, 11) is 1.65. The van der Waals surface area contributed by atoms with Crippen molar-refractivity contribution >= 4 is 23.2 Å². The van der Waals surface area contributed by atoms with Crippen LogP contribution in [0.2, 0.25) is 10.0 Å². The van der Waals surface area contributed by atoms with Crippen molar-refractivity contribution < 1.29 is 9.47 Å². The van der Waals surface area contributed by atoms with E-state index in [9.17, 15) is 0 Å². The van der Waals surface area contributed by atoms with Crippen LogP contribution >= 0.6 is 23.2 Å². The number of methoxy groups -OCH3 is 1. The predicted octanol–water partition coefficient (Wildman–Crippen LogP) is 6.00. The average molecular weight is 394 g/mol. The van der Waals surface area contributed by atoms with E-state index < -0.39 is 0 Å². The van der Waals surface area contributed by atoms with Crippen LogP contribution in [-0.2, 0) is 13.2 Å². The van der Waals surface area contributed by atoms with Gasteiger partial charge in [0.1, 0.15) is 6.61 Å². The van der Waals surface area contributed by atoms with Gasteiger partial charge in [0.15, 0.2) is 11.5 Å². The van der Waals surface area contributed by atoms with Gasteiger partial charge in [-0.3, -0.25) is 0 Å². The van der Waals surface area contributed by atoms with E-state index in [-0.39, 0.29) is 0 Å². The molecule has 0 spiro atoms. The van der Waals surface area contributed by atoms with Crippen LogP contribution in [0, 0.1) is 0 Å². The molecule has 0 saturated heterocycles. The third-order valence-corrected chi connectivity index (χ3v) is 5.39. The minimum atomic E-state index is 0.410. The van der Waals surface area contributed by atoms with Crippen molar-refractivity contribution in [2.75, 3.05) is 7.11 Å². The molecule has 2 aromatic rings. The second-order valence-corrected chi connectivity index (χ2v) is 7.57. The Hall–Kier alpha value is -1.42. The molecule has 0 atom stereocenters. The number of hydrogen-bond donors (Lipinski definition) is 1. The van der Waals surface area contributed by atoms with E-state index in [4.69, 9.17) is 32.7 Å². The summed E-state index contributed by atoms with van der Waals surface area (Å²) < 4.78 is 11.4. The first-order valence-electron chi connectivity index (χ1n) is 9.13. The molecule has 0 aromatic heterocycles. The zero-order valence-corrected chi connectivity index (χ0v) is 16.6. The zero-order valence-electron chi connectivity index (χ0n) is 15.1. The van der Waals surface area contributed by atoms with Crippen molar-refractivity contribution in [3.05, 3.63) is 57.6 Å². The van der Waals surface area contributed by atoms with Gasteiger partial charge in [0.2, 0.25) is 0 Å². The Morgan fingerprint density at radius 2 is 1.85 bits per heavy atom. The zero-order chi connectivity index (χ0) is 18.4. The van der Waals surface area contributed by atoms with Crippen LogP contribution in [0.1, 0.15) is 43.2 Å². The number of rotatable bonds is 7. The van der Waals surface area contributed by atoms with Crippen LogP contribution < -0.4 is 14.8 Å². The van der Waals surface area contributed by atoms with Crippen LogP contribution in [0.5, 0.6) is 11.5 Å². The third-order valence-electron chi connectivity index (χ3n) is 4.80. The van der Waals surface area contributed by atoms with E-state index >= 15 is 0 Å². The Morgan fingerprint density at radius 1 is 1.04 bits per heavy atom. The molecule has 1 N–H and O–H groups in total. The highest BCUT2D eigenvalue weighted by Gasteiger charge is 2.15. The summed E-state index contributed by atoms with van der Waals surface area (Å²) in [6, 6.07) is 12.0. The van der Waals surface area contributed by atoms with Gasteiger partial charge in [-0.1, -0.05) is 54.6 Å². The first-order valence-corrected chi connectivity index (χ1v) is 9.88. The molecule has 1 saturated carbocycles. The first kappa shape index (κ1) is 19.3. The van der Waals surface area contributed by atoms with Gasteiger partial charge < -0.3 is 14.8 Å². The van der Waals surface area contributed by atoms with Crippen molar-refractivity contribution in [3.8, 4) is 11.5 Å². The van der Waals surface area contributed by atoms with Crippen LogP contribution in [-0.4, -0.2) is 13.2 Å². The van der Waals surface area contributed by atoms with Crippen LogP contribution in [0.4, 0.5) is 0 Å². The van der Waals surface area contributed by atoms with Crippen molar-refractivity contribution in [1.82, 2.24) is 5.32 Å². The topological polar surface area (TPSA) is 30.5 Å². The molecule has 3 rings (SSSR count). The van der Waals surface area contributed by atoms with Gasteiger partial charge in [-0.25, -0.2) is 0 Å². The summed E-state index contributed by atoms with van der Waals surface area (Å²) in [5.41, 5.74) is 2.03. The number of nitrogens with one attached hydrogen (secondary N) is 1. The molecule has 5 heteroatoms. The number of hydrogen-bond acceptors (Lipinski definition) is 3. The van der Waals surface area contributed by atoms with Gasteiger partial charge >= 0.3 is 0 Å². The SMILES string of the molecule is COc1cc(CNC2CCCCC2)c(Cl)cc1OCc1cccc(Cl)c1. The highest BCUT2D eigenvalue weighted by Crippen LogP contribution is 2.34. The molecular formula is C21H25Cl2NO2. The summed E-state index contributed by atoms with van der Waals surface area (Å²) in [4.78, 5) is 0. The Kier molecular flexibility index (Phi) is 7.07. The molecule has 0 heterocycles. The van der Waals surface area contributed by atoms with Gasteiger partial charge in [0, 0.05) is 28.7 Å². The fourth-order valence-electron chi connectivity index (χ4n) is 3.33. The van der Waals surface area contributed by atoms with Gasteiger partial charge in [-0.2, -0.15) is 0 Å². The molecule has 140 valence electrons. The summed E-state index contributed by atoms with van der Waals surface area (Å²) in [6.07, 6.45) is 6.46. The molecule has 0 radical (unpaired) electrons. The molecule has 3 nitrogen and oxygen atoms in total. The fourth-order valence-corrected chi connectivity index (χ4v) is 3.77. The lowest BCUT2D eigenvalue weighted by atomic mass is 9.95. The van der Waals surface area contributed by atoms with Gasteiger partial charge in [0.05, 0.1) is 7.11 Å². The highest BCUT2D eigenvalue weighted by atomic mass is 35.5. The highest BCUT2D eigenvalue weighted by molar-refractivity contribution is 6.31. The lowest BCUT2D eigenvalue weighted by molar-refractivity contribution is 0.284. The molecule has 1 fully saturated rings. The standard InChI is InChI=1S/C21H25Cl2NO2/c1-25-20-11-16(13-24-18-8-3-2-4-9-18)19(23)12-21(20)26-14-15-6-5-7-17(22)10-15/h5-7,10-12,18,24H,2-4,8-9,13-14H2,1H3. The molecule has 1 aliphatic carbocycles.